The molecule has 0 aliphatic rings. The zero-order chi connectivity index (χ0) is 3.58. The van der Waals surface area contributed by atoms with Crippen LogP contribution >= 0.6 is 0 Å². The summed E-state index contributed by atoms with van der Waals surface area (Å²) in [6.07, 6.45) is -1.83. The van der Waals surface area contributed by atoms with Gasteiger partial charge in [-0.2, -0.15) is 0 Å². The Morgan fingerprint density at radius 3 is 1.29 bits per heavy atom. The number of hydrogen-bond donors (Lipinski definition) is 2. The van der Waals surface area contributed by atoms with Crippen LogP contribution in [0.3, 0.4) is 0 Å². The molecule has 0 aromatic carbocycles. The summed E-state index contributed by atoms with van der Waals surface area (Å²) in [7, 11) is 0. The number of rotatable bonds is 0. The molecule has 0 spiro atoms. The average molecular weight is 500 g/mol. The van der Waals surface area contributed by atoms with E-state index in [4.69, 9.17) is 15.0 Å². The molecule has 0 saturated heterocycles. The molecular weight excluding hydrogens is 498 g/mol. The third-order valence-corrected chi connectivity index (χ3v) is 0. The van der Waals surface area contributed by atoms with Gasteiger partial charge in [0.15, 0.2) is 0 Å². The van der Waals surface area contributed by atoms with E-state index in [0.717, 1.165) is 0 Å². The van der Waals surface area contributed by atoms with Crippen molar-refractivity contribution in [1.29, 1.82) is 0 Å². The first-order valence-electron chi connectivity index (χ1n) is 0.651. The fraction of sp³-hybridized carbons (Fsp3) is 0. The van der Waals surface area contributed by atoms with Crippen molar-refractivity contribution < 1.29 is 131 Å². The van der Waals surface area contributed by atoms with Crippen LogP contribution in [-0.4, -0.2) is 16.4 Å². The van der Waals surface area contributed by atoms with Crippen molar-refractivity contribution in [2.24, 2.45) is 0 Å². The van der Waals surface area contributed by atoms with Crippen molar-refractivity contribution in [2.75, 3.05) is 0 Å². The van der Waals surface area contributed by atoms with Crippen LogP contribution in [0, 0.1) is 116 Å². The van der Waals surface area contributed by atoms with Crippen molar-refractivity contribution in [1.82, 2.24) is 0 Å². The Balaban J connectivity index is -0.0000000150. The molecule has 0 bridgehead atoms. The minimum absolute atomic E-state index is 0. The molecule has 0 amide bonds. The van der Waals surface area contributed by atoms with Gasteiger partial charge in [0.25, 0.3) is 0 Å². The number of carbonyl (C=O) groups is 1. The second kappa shape index (κ2) is 16.1. The topological polar surface area (TPSA) is 57.5 Å². The molecule has 0 aliphatic heterocycles. The molecule has 2 radical (unpaired) electrons. The first kappa shape index (κ1) is 22.5. The summed E-state index contributed by atoms with van der Waals surface area (Å²) in [4.78, 5) is 8.56. The zero-order valence-electron chi connectivity index (χ0n) is 3.21. The van der Waals surface area contributed by atoms with Crippen LogP contribution in [0.15, 0.2) is 0 Å². The van der Waals surface area contributed by atoms with Crippen molar-refractivity contribution in [2.45, 2.75) is 0 Å². The molecule has 0 aromatic rings. The molecule has 40 valence electrons. The summed E-state index contributed by atoms with van der Waals surface area (Å²) in [6, 6.07) is 0. The maximum absolute atomic E-state index is 8.56. The molecule has 0 aliphatic carbocycles. The van der Waals surface area contributed by atoms with Crippen molar-refractivity contribution in [3.05, 3.63) is 0 Å². The Hall–Kier alpha value is 3.13. The minimum atomic E-state index is -1.83. The van der Waals surface area contributed by atoms with Crippen LogP contribution in [0.25, 0.3) is 0 Å². The van der Waals surface area contributed by atoms with Crippen LogP contribution in [0.2, 0.25) is 0 Å². The SMILES string of the molecule is O=C(O)O.[Ce].[La].[Tb]. The van der Waals surface area contributed by atoms with Gasteiger partial charge in [-0.3, -0.25) is 0 Å². The maximum atomic E-state index is 8.56. The van der Waals surface area contributed by atoms with E-state index in [0.29, 0.717) is 0 Å². The summed E-state index contributed by atoms with van der Waals surface area (Å²) < 4.78 is 0. The summed E-state index contributed by atoms with van der Waals surface area (Å²) in [5, 5.41) is 13.9. The Kier molecular flexibility index (Phi) is 51.6. The van der Waals surface area contributed by atoms with Gasteiger partial charge in [0.2, 0.25) is 0 Å². The summed E-state index contributed by atoms with van der Waals surface area (Å²) in [5.41, 5.74) is 0. The predicted octanol–water partition coefficient (Wildman–Crippen LogP) is 0.222. The van der Waals surface area contributed by atoms with Crippen LogP contribution in [0.4, 0.5) is 4.79 Å². The summed E-state index contributed by atoms with van der Waals surface area (Å²) in [6.45, 7) is 0. The number of hydrogen-bond acceptors (Lipinski definition) is 1. The molecule has 0 aromatic heterocycles. The van der Waals surface area contributed by atoms with Crippen LogP contribution in [0.5, 0.6) is 0 Å². The molecule has 2 N–H and O–H groups in total. The van der Waals surface area contributed by atoms with E-state index in [1.165, 1.54) is 0 Å². The van der Waals surface area contributed by atoms with Gasteiger partial charge >= 0.3 is 6.16 Å². The Labute approximate surface area is 133 Å². The van der Waals surface area contributed by atoms with Gasteiger partial charge in [-0.1, -0.05) is 0 Å². The smallest absolute Gasteiger partial charge is 0.450 e. The molecule has 0 rings (SSSR count). The summed E-state index contributed by atoms with van der Waals surface area (Å²) in [5.74, 6) is 0. The monoisotopic (exact) mass is 500 g/mol. The average Bonchev–Trinajstić information content (AvgIpc) is 0.811. The molecule has 0 atom stereocenters. The molecule has 6 heteroatoms. The van der Waals surface area contributed by atoms with Crippen LogP contribution in [-0.2, 0) is 0 Å². The zero-order valence-corrected chi connectivity index (χ0v) is 12.1. The summed E-state index contributed by atoms with van der Waals surface area (Å²) >= 11 is 0. The maximum Gasteiger partial charge on any atom is 0.503 e. The normalized spacial score (nSPS) is 3.43. The fourth-order valence-corrected chi connectivity index (χ4v) is 0. The van der Waals surface area contributed by atoms with E-state index in [1.807, 2.05) is 0 Å². The Morgan fingerprint density at radius 1 is 1.29 bits per heavy atom. The number of carboxylic acid groups (broad SMARTS) is 2. The second-order valence-corrected chi connectivity index (χ2v) is 0.283. The van der Waals surface area contributed by atoms with E-state index in [1.54, 1.807) is 0 Å². The Morgan fingerprint density at radius 2 is 1.29 bits per heavy atom. The van der Waals surface area contributed by atoms with Gasteiger partial charge in [0.1, 0.15) is 0 Å². The Bertz CT molecular complexity index is 37.9. The minimum Gasteiger partial charge on any atom is -0.450 e. The molecule has 0 fully saturated rings. The van der Waals surface area contributed by atoms with Crippen LogP contribution in [0.1, 0.15) is 0 Å². The third-order valence-electron chi connectivity index (χ3n) is 0. The van der Waals surface area contributed by atoms with Gasteiger partial charge < -0.3 is 10.2 Å². The van der Waals surface area contributed by atoms with E-state index >= 15 is 0 Å². The van der Waals surface area contributed by atoms with Gasteiger partial charge in [-0.25, -0.2) is 4.79 Å². The predicted molar refractivity (Wildman–Crippen MR) is 10.7 cm³/mol. The third kappa shape index (κ3) is 47.4. The van der Waals surface area contributed by atoms with Crippen molar-refractivity contribution in [3.63, 3.8) is 0 Å². The molecule has 0 unspecified atom stereocenters. The van der Waals surface area contributed by atoms with Crippen LogP contribution < -0.4 is 0 Å². The molecule has 3 nitrogen and oxygen atoms in total. The van der Waals surface area contributed by atoms with Gasteiger partial charge in [-0.05, 0) is 0 Å². The second-order valence-electron chi connectivity index (χ2n) is 0.283. The molecular formula is CH2CeLaO3Tb. The van der Waals surface area contributed by atoms with Crippen molar-refractivity contribution in [3.8, 4) is 0 Å². The molecule has 0 heterocycles. The first-order chi connectivity index (χ1) is 1.73. The van der Waals surface area contributed by atoms with Gasteiger partial charge in [0.05, 0.1) is 0 Å². The van der Waals surface area contributed by atoms with E-state index in [2.05, 4.69) is 0 Å². The molecule has 0 saturated carbocycles. The fourth-order valence-electron chi connectivity index (χ4n) is 0. The van der Waals surface area contributed by atoms with E-state index in [-0.39, 0.29) is 116 Å². The largest absolute Gasteiger partial charge is 0.503 e. The molecule has 7 heavy (non-hydrogen) atoms. The van der Waals surface area contributed by atoms with E-state index < -0.39 is 6.16 Å². The van der Waals surface area contributed by atoms with Crippen molar-refractivity contribution >= 4 is 6.16 Å². The first-order valence-corrected chi connectivity index (χ1v) is 0.651. The standard InChI is InChI=1S/CH2O3.Ce.La.Tb/c2-1(3)4;;;/h(H2,2,3,4);;;. The van der Waals surface area contributed by atoms with E-state index in [9.17, 15) is 0 Å². The quantitative estimate of drug-likeness (QED) is 0.501. The van der Waals surface area contributed by atoms with Gasteiger partial charge in [0, 0.05) is 116 Å². The van der Waals surface area contributed by atoms with Gasteiger partial charge in [-0.15, -0.1) is 0 Å².